The van der Waals surface area contributed by atoms with Crippen LogP contribution in [0.1, 0.15) is 11.1 Å². The van der Waals surface area contributed by atoms with Gasteiger partial charge in [0.05, 0.1) is 23.9 Å². The van der Waals surface area contributed by atoms with Crippen LogP contribution in [0.3, 0.4) is 0 Å². The van der Waals surface area contributed by atoms with E-state index < -0.39 is 25.6 Å². The average Bonchev–Trinajstić information content (AvgIpc) is 2.50. The van der Waals surface area contributed by atoms with E-state index in [1.54, 1.807) is 6.92 Å². The number of phenolic OH excluding ortho intramolecular Hbond substituents is 1. The minimum atomic E-state index is -4.06. The van der Waals surface area contributed by atoms with Crippen LogP contribution < -0.4 is 9.46 Å². The van der Waals surface area contributed by atoms with Crippen LogP contribution in [0.25, 0.3) is 0 Å². The van der Waals surface area contributed by atoms with Gasteiger partial charge in [0.25, 0.3) is 0 Å². The van der Waals surface area contributed by atoms with Crippen molar-refractivity contribution < 1.29 is 26.7 Å². The van der Waals surface area contributed by atoms with E-state index in [9.17, 15) is 21.9 Å². The number of ether oxygens (including phenoxy) is 1. The van der Waals surface area contributed by atoms with Gasteiger partial charge in [0.15, 0.2) is 0 Å². The molecule has 136 valence electrons. The van der Waals surface area contributed by atoms with Gasteiger partial charge in [-0.1, -0.05) is 0 Å². The predicted octanol–water partition coefficient (Wildman–Crippen LogP) is 2.22. The summed E-state index contributed by atoms with van der Waals surface area (Å²) in [6.45, 7) is 3.01. The molecule has 0 amide bonds. The van der Waals surface area contributed by atoms with E-state index in [1.165, 1.54) is 44.4 Å². The number of rotatable bonds is 5. The molecule has 0 radical (unpaired) electrons. The van der Waals surface area contributed by atoms with Gasteiger partial charge < -0.3 is 9.84 Å². The summed E-state index contributed by atoms with van der Waals surface area (Å²) in [7, 11) is -6.21. The first-order valence-corrected chi connectivity index (χ1v) is 10.5. The van der Waals surface area contributed by atoms with Crippen molar-refractivity contribution in [2.45, 2.75) is 23.6 Å². The lowest BCUT2D eigenvalue weighted by Crippen LogP contribution is -2.14. The number of sulfonamides is 1. The van der Waals surface area contributed by atoms with E-state index in [1.807, 2.05) is 0 Å². The van der Waals surface area contributed by atoms with Crippen molar-refractivity contribution >= 4 is 25.5 Å². The number of methoxy groups -OCH3 is 1. The van der Waals surface area contributed by atoms with Gasteiger partial charge in [-0.2, -0.15) is 0 Å². The molecule has 0 saturated carbocycles. The molecule has 9 heteroatoms. The van der Waals surface area contributed by atoms with Gasteiger partial charge in [-0.3, -0.25) is 4.72 Å². The third kappa shape index (κ3) is 3.88. The second kappa shape index (κ2) is 6.57. The number of phenols is 1. The quantitative estimate of drug-likeness (QED) is 0.764. The zero-order valence-corrected chi connectivity index (χ0v) is 15.8. The fraction of sp³-hybridized carbons (Fsp3) is 0.250. The molecule has 0 spiro atoms. The van der Waals surface area contributed by atoms with Crippen LogP contribution >= 0.6 is 0 Å². The molecular weight excluding hydrogens is 366 g/mol. The number of aromatic hydroxyl groups is 1. The summed E-state index contributed by atoms with van der Waals surface area (Å²) in [5.41, 5.74) is 0.667. The van der Waals surface area contributed by atoms with Crippen molar-refractivity contribution in [1.82, 2.24) is 0 Å². The number of anilines is 1. The molecule has 0 atom stereocenters. The highest BCUT2D eigenvalue weighted by molar-refractivity contribution is 7.92. The van der Waals surface area contributed by atoms with Gasteiger partial charge in [-0.15, -0.1) is 0 Å². The summed E-state index contributed by atoms with van der Waals surface area (Å²) in [5, 5.41) is 10.2. The topological polar surface area (TPSA) is 110 Å². The third-order valence-corrected chi connectivity index (χ3v) is 6.14. The number of hydrogen-bond donors (Lipinski definition) is 2. The lowest BCUT2D eigenvalue weighted by molar-refractivity contribution is 0.414. The molecule has 25 heavy (non-hydrogen) atoms. The molecule has 0 aliphatic rings. The zero-order chi connectivity index (χ0) is 19.0. The summed E-state index contributed by atoms with van der Waals surface area (Å²) in [4.78, 5) is -0.379. The highest BCUT2D eigenvalue weighted by Crippen LogP contribution is 2.38. The molecule has 0 saturated heterocycles. The second-order valence-electron chi connectivity index (χ2n) is 5.59. The van der Waals surface area contributed by atoms with Crippen LogP contribution in [0.4, 0.5) is 5.69 Å². The monoisotopic (exact) mass is 385 g/mol. The van der Waals surface area contributed by atoms with Crippen LogP contribution in [-0.2, 0) is 19.9 Å². The summed E-state index contributed by atoms with van der Waals surface area (Å²) >= 11 is 0. The standard InChI is InChI=1S/C16H19NO6S2/c1-10-9-14(18)16(11(2)15(10)17-24(4,19)20)25(21,22)13-7-5-12(23-3)6-8-13/h5-9,17-18H,1-4H3. The van der Waals surface area contributed by atoms with Crippen molar-refractivity contribution in [2.75, 3.05) is 18.1 Å². The van der Waals surface area contributed by atoms with Crippen LogP contribution in [-0.4, -0.2) is 35.3 Å². The molecule has 2 aromatic rings. The molecule has 2 aromatic carbocycles. The lowest BCUT2D eigenvalue weighted by atomic mass is 10.1. The smallest absolute Gasteiger partial charge is 0.229 e. The minimum absolute atomic E-state index is 0.0409. The Labute approximate surface area is 147 Å². The van der Waals surface area contributed by atoms with E-state index in [0.29, 0.717) is 11.3 Å². The fourth-order valence-electron chi connectivity index (χ4n) is 2.50. The molecule has 0 aromatic heterocycles. The van der Waals surface area contributed by atoms with Gasteiger partial charge >= 0.3 is 0 Å². The van der Waals surface area contributed by atoms with E-state index in [4.69, 9.17) is 4.74 Å². The average molecular weight is 385 g/mol. The Bertz CT molecular complexity index is 1010. The first-order valence-electron chi connectivity index (χ1n) is 7.17. The fourth-order valence-corrected chi connectivity index (χ4v) is 4.75. The summed E-state index contributed by atoms with van der Waals surface area (Å²) in [6, 6.07) is 6.91. The second-order valence-corrected chi connectivity index (χ2v) is 9.23. The van der Waals surface area contributed by atoms with Crippen LogP contribution in [0.2, 0.25) is 0 Å². The molecule has 0 unspecified atom stereocenters. The molecular formula is C16H19NO6S2. The zero-order valence-electron chi connectivity index (χ0n) is 14.2. The van der Waals surface area contributed by atoms with Crippen LogP contribution in [0.15, 0.2) is 40.1 Å². The predicted molar refractivity (Wildman–Crippen MR) is 94.5 cm³/mol. The summed E-state index contributed by atoms with van der Waals surface area (Å²) in [6.07, 6.45) is 0.969. The Balaban J connectivity index is 2.70. The molecule has 2 N–H and O–H groups in total. The van der Waals surface area contributed by atoms with Crippen molar-refractivity contribution in [3.8, 4) is 11.5 Å². The number of benzene rings is 2. The maximum Gasteiger partial charge on any atom is 0.229 e. The Morgan fingerprint density at radius 2 is 1.60 bits per heavy atom. The van der Waals surface area contributed by atoms with Gasteiger partial charge in [-0.25, -0.2) is 16.8 Å². The number of sulfone groups is 1. The van der Waals surface area contributed by atoms with Crippen LogP contribution in [0, 0.1) is 13.8 Å². The maximum absolute atomic E-state index is 12.9. The lowest BCUT2D eigenvalue weighted by Gasteiger charge is -2.17. The van der Waals surface area contributed by atoms with Gasteiger partial charge in [0.2, 0.25) is 19.9 Å². The summed E-state index contributed by atoms with van der Waals surface area (Å²) < 4.78 is 56.3. The van der Waals surface area contributed by atoms with Gasteiger partial charge in [0, 0.05) is 0 Å². The van der Waals surface area contributed by atoms with Crippen molar-refractivity contribution in [3.63, 3.8) is 0 Å². The molecule has 0 aliphatic heterocycles. The first-order chi connectivity index (χ1) is 11.5. The molecule has 7 nitrogen and oxygen atoms in total. The minimum Gasteiger partial charge on any atom is -0.507 e. The van der Waals surface area contributed by atoms with Crippen molar-refractivity contribution in [1.29, 1.82) is 0 Å². The number of hydrogen-bond acceptors (Lipinski definition) is 6. The Morgan fingerprint density at radius 3 is 2.08 bits per heavy atom. The molecule has 0 heterocycles. The number of aryl methyl sites for hydroxylation is 1. The van der Waals surface area contributed by atoms with E-state index >= 15 is 0 Å². The maximum atomic E-state index is 12.9. The molecule has 0 aliphatic carbocycles. The molecule has 0 fully saturated rings. The normalized spacial score (nSPS) is 12.0. The van der Waals surface area contributed by atoms with Gasteiger partial charge in [0.1, 0.15) is 16.4 Å². The van der Waals surface area contributed by atoms with E-state index in [0.717, 1.165) is 6.26 Å². The molecule has 0 bridgehead atoms. The first kappa shape index (κ1) is 19.1. The highest BCUT2D eigenvalue weighted by Gasteiger charge is 2.27. The Morgan fingerprint density at radius 1 is 1.04 bits per heavy atom. The van der Waals surface area contributed by atoms with E-state index in [2.05, 4.69) is 4.72 Å². The SMILES string of the molecule is COc1ccc(S(=O)(=O)c2c(O)cc(C)c(NS(C)(=O)=O)c2C)cc1. The highest BCUT2D eigenvalue weighted by atomic mass is 32.2. The van der Waals surface area contributed by atoms with Crippen LogP contribution in [0.5, 0.6) is 11.5 Å². The van der Waals surface area contributed by atoms with Crippen molar-refractivity contribution in [2.24, 2.45) is 0 Å². The molecule has 2 rings (SSSR count). The number of nitrogens with one attached hydrogen (secondary N) is 1. The summed E-state index contributed by atoms with van der Waals surface area (Å²) in [5.74, 6) is 0.0492. The third-order valence-electron chi connectivity index (χ3n) is 3.62. The van der Waals surface area contributed by atoms with Crippen molar-refractivity contribution in [3.05, 3.63) is 41.5 Å². The van der Waals surface area contributed by atoms with Gasteiger partial charge in [-0.05, 0) is 55.3 Å². The largest absolute Gasteiger partial charge is 0.507 e. The Hall–Kier alpha value is -2.26. The Kier molecular flexibility index (Phi) is 5.01. The van der Waals surface area contributed by atoms with E-state index in [-0.39, 0.29) is 21.0 Å².